The Labute approximate surface area is 182 Å². The maximum Gasteiger partial charge on any atom is 0.251 e. The van der Waals surface area contributed by atoms with E-state index in [9.17, 15) is 4.79 Å². The van der Waals surface area contributed by atoms with Crippen molar-refractivity contribution in [3.63, 3.8) is 0 Å². The second-order valence-electron chi connectivity index (χ2n) is 8.07. The van der Waals surface area contributed by atoms with E-state index in [0.717, 1.165) is 49.7 Å². The van der Waals surface area contributed by atoms with E-state index in [4.69, 9.17) is 4.74 Å². The number of anilines is 1. The highest BCUT2D eigenvalue weighted by Crippen LogP contribution is 2.21. The van der Waals surface area contributed by atoms with Crippen molar-refractivity contribution < 1.29 is 9.53 Å². The Bertz CT molecular complexity index is 998. The minimum absolute atomic E-state index is 0.00523. The second kappa shape index (κ2) is 9.80. The molecule has 1 amide bonds. The van der Waals surface area contributed by atoms with Crippen LogP contribution in [-0.2, 0) is 16.1 Å². The molecule has 8 heteroatoms. The van der Waals surface area contributed by atoms with Gasteiger partial charge in [0.05, 0.1) is 13.2 Å². The van der Waals surface area contributed by atoms with Gasteiger partial charge in [-0.05, 0) is 28.8 Å². The first-order valence-electron chi connectivity index (χ1n) is 10.6. The van der Waals surface area contributed by atoms with Gasteiger partial charge in [-0.25, -0.2) is 0 Å². The van der Waals surface area contributed by atoms with Gasteiger partial charge in [0.1, 0.15) is 0 Å². The lowest BCUT2D eigenvalue weighted by molar-refractivity contribution is -0.121. The Morgan fingerprint density at radius 2 is 1.87 bits per heavy atom. The first kappa shape index (κ1) is 21.1. The maximum atomic E-state index is 13.1. The molecule has 8 nitrogen and oxygen atoms in total. The van der Waals surface area contributed by atoms with E-state index in [1.54, 1.807) is 0 Å². The first-order chi connectivity index (χ1) is 15.1. The van der Waals surface area contributed by atoms with Crippen LogP contribution in [-0.4, -0.2) is 57.3 Å². The zero-order chi connectivity index (χ0) is 21.6. The molecule has 31 heavy (non-hydrogen) atoms. The van der Waals surface area contributed by atoms with Gasteiger partial charge in [0.2, 0.25) is 5.82 Å². The average Bonchev–Trinajstić information content (AvgIpc) is 3.25. The van der Waals surface area contributed by atoms with Crippen LogP contribution in [0.15, 0.2) is 54.6 Å². The zero-order valence-corrected chi connectivity index (χ0v) is 17.9. The second-order valence-corrected chi connectivity index (χ2v) is 8.07. The molecule has 0 bridgehead atoms. The lowest BCUT2D eigenvalue weighted by Crippen LogP contribution is -2.35. The molecule has 3 aromatic rings. The van der Waals surface area contributed by atoms with Gasteiger partial charge in [0.15, 0.2) is 6.04 Å². The fourth-order valence-electron chi connectivity index (χ4n) is 3.70. The van der Waals surface area contributed by atoms with Crippen molar-refractivity contribution in [2.75, 3.05) is 31.6 Å². The number of benzene rings is 2. The number of hydrogen-bond acceptors (Lipinski definition) is 6. The van der Waals surface area contributed by atoms with Crippen molar-refractivity contribution in [2.45, 2.75) is 26.4 Å². The Hall–Kier alpha value is -3.10. The fraction of sp³-hybridized carbons (Fsp3) is 0.391. The number of amides is 1. The fourth-order valence-corrected chi connectivity index (χ4v) is 3.70. The molecule has 4 rings (SSSR count). The largest absolute Gasteiger partial charge is 0.379 e. The van der Waals surface area contributed by atoms with Crippen molar-refractivity contribution in [3.05, 3.63) is 60.2 Å². The molecule has 1 saturated heterocycles. The monoisotopic (exact) mass is 420 g/mol. The topological polar surface area (TPSA) is 85.2 Å². The molecule has 0 spiro atoms. The number of tetrazole rings is 1. The molecule has 1 aliphatic heterocycles. The number of hydrogen-bond donors (Lipinski definition) is 1. The molecule has 0 radical (unpaired) electrons. The van der Waals surface area contributed by atoms with E-state index >= 15 is 0 Å². The lowest BCUT2D eigenvalue weighted by Gasteiger charge is -2.26. The Kier molecular flexibility index (Phi) is 6.69. The van der Waals surface area contributed by atoms with Gasteiger partial charge in [0.25, 0.3) is 5.91 Å². The minimum atomic E-state index is -0.562. The molecular weight excluding hydrogens is 392 g/mol. The summed E-state index contributed by atoms with van der Waals surface area (Å²) in [4.78, 5) is 16.9. The van der Waals surface area contributed by atoms with Gasteiger partial charge in [0, 0.05) is 30.9 Å². The summed E-state index contributed by atoms with van der Waals surface area (Å²) in [7, 11) is 0. The molecule has 1 aromatic heterocycles. The minimum Gasteiger partial charge on any atom is -0.379 e. The highest BCUT2D eigenvalue weighted by atomic mass is 16.5. The van der Waals surface area contributed by atoms with Crippen LogP contribution in [0.4, 0.5) is 5.69 Å². The van der Waals surface area contributed by atoms with Gasteiger partial charge in [-0.2, -0.15) is 4.80 Å². The molecule has 2 heterocycles. The lowest BCUT2D eigenvalue weighted by atomic mass is 10.0. The summed E-state index contributed by atoms with van der Waals surface area (Å²) in [6.07, 6.45) is 0. The van der Waals surface area contributed by atoms with E-state index in [1.807, 2.05) is 62.4 Å². The van der Waals surface area contributed by atoms with Crippen molar-refractivity contribution in [1.29, 1.82) is 0 Å². The van der Waals surface area contributed by atoms with Crippen LogP contribution in [0.3, 0.4) is 0 Å². The molecule has 1 aliphatic rings. The third kappa shape index (κ3) is 5.34. The van der Waals surface area contributed by atoms with Crippen molar-refractivity contribution in [1.82, 2.24) is 25.1 Å². The molecular formula is C23H28N6O2. The number of nitrogens with zero attached hydrogens (tertiary/aromatic N) is 5. The van der Waals surface area contributed by atoms with Crippen LogP contribution in [0.1, 0.15) is 25.5 Å². The van der Waals surface area contributed by atoms with Crippen molar-refractivity contribution >= 4 is 11.6 Å². The SMILES string of the molecule is CC(C)C(C(=O)Nc1cccc(CN2CCOCC2)c1)n1nnc(-c2ccccc2)n1. The van der Waals surface area contributed by atoms with Crippen LogP contribution in [0.2, 0.25) is 0 Å². The number of ether oxygens (including phenoxy) is 1. The first-order valence-corrected chi connectivity index (χ1v) is 10.6. The van der Waals surface area contributed by atoms with E-state index < -0.39 is 6.04 Å². The molecule has 1 fully saturated rings. The van der Waals surface area contributed by atoms with Crippen LogP contribution < -0.4 is 5.32 Å². The standard InChI is InChI=1S/C23H28N6O2/c1-17(2)21(29-26-22(25-27-29)19-8-4-3-5-9-19)23(30)24-20-10-6-7-18(15-20)16-28-11-13-31-14-12-28/h3-10,15,17,21H,11-14,16H2,1-2H3,(H,24,30). The normalized spacial score (nSPS) is 15.7. The third-order valence-electron chi connectivity index (χ3n) is 5.31. The summed E-state index contributed by atoms with van der Waals surface area (Å²) in [5, 5.41) is 15.8. The Morgan fingerprint density at radius 1 is 1.10 bits per heavy atom. The predicted molar refractivity (Wildman–Crippen MR) is 118 cm³/mol. The van der Waals surface area contributed by atoms with Crippen LogP contribution in [0, 0.1) is 5.92 Å². The third-order valence-corrected chi connectivity index (χ3v) is 5.31. The van der Waals surface area contributed by atoms with Crippen LogP contribution in [0.5, 0.6) is 0 Å². The summed E-state index contributed by atoms with van der Waals surface area (Å²) in [6, 6.07) is 17.0. The van der Waals surface area contributed by atoms with E-state index in [2.05, 4.69) is 31.7 Å². The number of carbonyl (C=O) groups excluding carboxylic acids is 1. The molecule has 2 aromatic carbocycles. The number of nitrogens with one attached hydrogen (secondary N) is 1. The molecule has 0 aliphatic carbocycles. The van der Waals surface area contributed by atoms with E-state index in [1.165, 1.54) is 4.80 Å². The molecule has 1 unspecified atom stereocenters. The van der Waals surface area contributed by atoms with Gasteiger partial charge in [-0.3, -0.25) is 9.69 Å². The number of carbonyl (C=O) groups is 1. The molecule has 1 atom stereocenters. The van der Waals surface area contributed by atoms with Crippen molar-refractivity contribution in [3.8, 4) is 11.4 Å². The van der Waals surface area contributed by atoms with Crippen LogP contribution in [0.25, 0.3) is 11.4 Å². The van der Waals surface area contributed by atoms with E-state index in [0.29, 0.717) is 5.82 Å². The summed E-state index contributed by atoms with van der Waals surface area (Å²) in [5.74, 6) is 0.344. The Balaban J connectivity index is 1.47. The molecule has 1 N–H and O–H groups in total. The number of morpholine rings is 1. The van der Waals surface area contributed by atoms with Crippen LogP contribution >= 0.6 is 0 Å². The van der Waals surface area contributed by atoms with Gasteiger partial charge < -0.3 is 10.1 Å². The van der Waals surface area contributed by atoms with E-state index in [-0.39, 0.29) is 11.8 Å². The molecule has 162 valence electrons. The van der Waals surface area contributed by atoms with Crippen molar-refractivity contribution in [2.24, 2.45) is 5.92 Å². The highest BCUT2D eigenvalue weighted by Gasteiger charge is 2.27. The summed E-state index contributed by atoms with van der Waals surface area (Å²) in [5.41, 5.74) is 2.79. The highest BCUT2D eigenvalue weighted by molar-refractivity contribution is 5.93. The quantitative estimate of drug-likeness (QED) is 0.632. The number of aromatic nitrogens is 4. The Morgan fingerprint density at radius 3 is 2.61 bits per heavy atom. The van der Waals surface area contributed by atoms with Gasteiger partial charge in [-0.15, -0.1) is 10.2 Å². The summed E-state index contributed by atoms with van der Waals surface area (Å²) < 4.78 is 5.42. The maximum absolute atomic E-state index is 13.1. The zero-order valence-electron chi connectivity index (χ0n) is 17.9. The smallest absolute Gasteiger partial charge is 0.251 e. The van der Waals surface area contributed by atoms with Gasteiger partial charge >= 0.3 is 0 Å². The van der Waals surface area contributed by atoms with Gasteiger partial charge in [-0.1, -0.05) is 56.3 Å². The summed E-state index contributed by atoms with van der Waals surface area (Å²) in [6.45, 7) is 8.17. The predicted octanol–water partition coefficient (Wildman–Crippen LogP) is 3.01. The number of rotatable bonds is 7. The molecule has 0 saturated carbocycles. The average molecular weight is 421 g/mol. The summed E-state index contributed by atoms with van der Waals surface area (Å²) >= 11 is 0.